The van der Waals surface area contributed by atoms with Crippen LogP contribution in [-0.4, -0.2) is 26.1 Å². The van der Waals surface area contributed by atoms with Crippen molar-refractivity contribution in [3.8, 4) is 0 Å². The molecule has 0 aromatic heterocycles. The van der Waals surface area contributed by atoms with Gasteiger partial charge in [0.1, 0.15) is 19.0 Å². The standard InChI is InChI=1S/C22H29NO4/c1-16(2)20(27-22(24)23-14-18-11-6-5-7-12-18)21(26-15-25-4)19-13-9-8-10-17(19)3/h5-13,16,20-21H,14-15H2,1-4H3,(H,23,24). The molecule has 0 saturated heterocycles. The molecule has 0 aliphatic rings. The first-order valence-electron chi connectivity index (χ1n) is 9.17. The molecular weight excluding hydrogens is 342 g/mol. The van der Waals surface area contributed by atoms with Crippen LogP contribution >= 0.6 is 0 Å². The lowest BCUT2D eigenvalue weighted by Gasteiger charge is -2.31. The number of alkyl carbamates (subject to hydrolysis) is 1. The lowest BCUT2D eigenvalue weighted by Crippen LogP contribution is -2.36. The number of hydrogen-bond donors (Lipinski definition) is 1. The highest BCUT2D eigenvalue weighted by Crippen LogP contribution is 2.30. The molecule has 0 aliphatic carbocycles. The number of nitrogens with one attached hydrogen (secondary N) is 1. The molecule has 0 saturated carbocycles. The van der Waals surface area contributed by atoms with Crippen molar-refractivity contribution in [3.05, 3.63) is 71.3 Å². The maximum absolute atomic E-state index is 12.4. The molecule has 5 heteroatoms. The molecule has 0 heterocycles. The number of hydrogen-bond acceptors (Lipinski definition) is 4. The number of benzene rings is 2. The first-order chi connectivity index (χ1) is 13.0. The fraction of sp³-hybridized carbons (Fsp3) is 0.409. The summed E-state index contributed by atoms with van der Waals surface area (Å²) in [7, 11) is 1.58. The van der Waals surface area contributed by atoms with Gasteiger partial charge >= 0.3 is 6.09 Å². The molecule has 0 fully saturated rings. The van der Waals surface area contributed by atoms with E-state index in [9.17, 15) is 4.79 Å². The zero-order valence-corrected chi connectivity index (χ0v) is 16.5. The van der Waals surface area contributed by atoms with E-state index in [1.54, 1.807) is 7.11 Å². The summed E-state index contributed by atoms with van der Waals surface area (Å²) in [6.07, 6.45) is -1.32. The minimum Gasteiger partial charge on any atom is -0.443 e. The second-order valence-corrected chi connectivity index (χ2v) is 6.80. The van der Waals surface area contributed by atoms with Crippen molar-refractivity contribution in [1.29, 1.82) is 0 Å². The molecule has 0 radical (unpaired) electrons. The number of amides is 1. The number of carbonyl (C=O) groups excluding carboxylic acids is 1. The summed E-state index contributed by atoms with van der Waals surface area (Å²) in [5.74, 6) is 0.0638. The van der Waals surface area contributed by atoms with Gasteiger partial charge in [0, 0.05) is 13.7 Å². The fourth-order valence-electron chi connectivity index (χ4n) is 2.89. The monoisotopic (exact) mass is 371 g/mol. The van der Waals surface area contributed by atoms with Crippen LogP contribution in [0.25, 0.3) is 0 Å². The van der Waals surface area contributed by atoms with E-state index in [0.29, 0.717) is 6.54 Å². The Morgan fingerprint density at radius 2 is 1.70 bits per heavy atom. The molecule has 2 aromatic rings. The summed E-state index contributed by atoms with van der Waals surface area (Å²) in [6, 6.07) is 17.7. The van der Waals surface area contributed by atoms with E-state index >= 15 is 0 Å². The van der Waals surface area contributed by atoms with Gasteiger partial charge in [-0.15, -0.1) is 0 Å². The minimum atomic E-state index is -0.461. The second-order valence-electron chi connectivity index (χ2n) is 6.80. The summed E-state index contributed by atoms with van der Waals surface area (Å²) in [6.45, 7) is 6.58. The molecule has 2 unspecified atom stereocenters. The van der Waals surface area contributed by atoms with Crippen molar-refractivity contribution in [2.45, 2.75) is 39.5 Å². The molecule has 0 bridgehead atoms. The number of aryl methyl sites for hydroxylation is 1. The van der Waals surface area contributed by atoms with E-state index in [4.69, 9.17) is 14.2 Å². The molecule has 5 nitrogen and oxygen atoms in total. The third kappa shape index (κ3) is 6.38. The zero-order valence-electron chi connectivity index (χ0n) is 16.5. The van der Waals surface area contributed by atoms with Crippen LogP contribution in [0.4, 0.5) is 4.79 Å². The molecule has 2 atom stereocenters. The summed E-state index contributed by atoms with van der Waals surface area (Å²) >= 11 is 0. The average Bonchev–Trinajstić information content (AvgIpc) is 2.67. The largest absolute Gasteiger partial charge is 0.443 e. The highest BCUT2D eigenvalue weighted by atomic mass is 16.7. The number of rotatable bonds is 9. The van der Waals surface area contributed by atoms with Crippen molar-refractivity contribution >= 4 is 6.09 Å². The third-order valence-corrected chi connectivity index (χ3v) is 4.34. The van der Waals surface area contributed by atoms with E-state index in [2.05, 4.69) is 5.32 Å². The molecule has 1 amide bonds. The van der Waals surface area contributed by atoms with Crippen LogP contribution in [0.15, 0.2) is 54.6 Å². The van der Waals surface area contributed by atoms with Gasteiger partial charge in [-0.2, -0.15) is 0 Å². The first kappa shape index (κ1) is 20.9. The normalized spacial score (nSPS) is 13.2. The van der Waals surface area contributed by atoms with Gasteiger partial charge in [0.05, 0.1) is 0 Å². The van der Waals surface area contributed by atoms with Gasteiger partial charge < -0.3 is 19.5 Å². The summed E-state index contributed by atoms with van der Waals surface area (Å²) < 4.78 is 16.8. The third-order valence-electron chi connectivity index (χ3n) is 4.34. The van der Waals surface area contributed by atoms with Gasteiger partial charge in [0.25, 0.3) is 0 Å². The van der Waals surface area contributed by atoms with Crippen molar-refractivity contribution in [1.82, 2.24) is 5.32 Å². The summed E-state index contributed by atoms with van der Waals surface area (Å²) in [4.78, 5) is 12.4. The number of carbonyl (C=O) groups is 1. The van der Waals surface area contributed by atoms with Crippen LogP contribution in [0.1, 0.15) is 36.6 Å². The smallest absolute Gasteiger partial charge is 0.407 e. The van der Waals surface area contributed by atoms with E-state index in [-0.39, 0.29) is 12.7 Å². The Labute approximate surface area is 161 Å². The highest BCUT2D eigenvalue weighted by Gasteiger charge is 2.31. The van der Waals surface area contributed by atoms with Gasteiger partial charge in [-0.3, -0.25) is 0 Å². The fourth-order valence-corrected chi connectivity index (χ4v) is 2.89. The molecule has 1 N–H and O–H groups in total. The Bertz CT molecular complexity index is 702. The van der Waals surface area contributed by atoms with E-state index < -0.39 is 18.3 Å². The Morgan fingerprint density at radius 3 is 2.33 bits per heavy atom. The lowest BCUT2D eigenvalue weighted by atomic mass is 9.93. The van der Waals surface area contributed by atoms with Crippen molar-refractivity contribution in [2.75, 3.05) is 13.9 Å². The van der Waals surface area contributed by atoms with E-state index in [1.807, 2.05) is 75.4 Å². The molecule has 0 aliphatic heterocycles. The van der Waals surface area contributed by atoms with Gasteiger partial charge in [0.2, 0.25) is 0 Å². The van der Waals surface area contributed by atoms with E-state index in [0.717, 1.165) is 16.7 Å². The minimum absolute atomic E-state index is 0.0638. The predicted octanol–water partition coefficient (Wildman–Crippen LogP) is 4.61. The van der Waals surface area contributed by atoms with Crippen LogP contribution in [-0.2, 0) is 20.8 Å². The lowest BCUT2D eigenvalue weighted by molar-refractivity contribution is -0.125. The van der Waals surface area contributed by atoms with Crippen LogP contribution < -0.4 is 5.32 Å². The van der Waals surface area contributed by atoms with E-state index in [1.165, 1.54) is 0 Å². The van der Waals surface area contributed by atoms with Crippen molar-refractivity contribution < 1.29 is 19.0 Å². The molecule has 27 heavy (non-hydrogen) atoms. The quantitative estimate of drug-likeness (QED) is 0.654. The highest BCUT2D eigenvalue weighted by molar-refractivity contribution is 5.67. The SMILES string of the molecule is COCOC(c1ccccc1C)C(OC(=O)NCc1ccccc1)C(C)C. The first-order valence-corrected chi connectivity index (χ1v) is 9.17. The van der Waals surface area contributed by atoms with Crippen LogP contribution in [0.2, 0.25) is 0 Å². The molecule has 0 spiro atoms. The van der Waals surface area contributed by atoms with Gasteiger partial charge in [-0.05, 0) is 29.5 Å². The summed E-state index contributed by atoms with van der Waals surface area (Å²) in [5, 5.41) is 2.81. The predicted molar refractivity (Wildman–Crippen MR) is 105 cm³/mol. The number of ether oxygens (including phenoxy) is 3. The molecule has 146 valence electrons. The zero-order chi connectivity index (χ0) is 19.6. The maximum Gasteiger partial charge on any atom is 0.407 e. The van der Waals surface area contributed by atoms with Gasteiger partial charge in [-0.25, -0.2) is 4.79 Å². The van der Waals surface area contributed by atoms with Crippen LogP contribution in [0, 0.1) is 12.8 Å². The topological polar surface area (TPSA) is 56.8 Å². The van der Waals surface area contributed by atoms with Crippen molar-refractivity contribution in [2.24, 2.45) is 5.92 Å². The van der Waals surface area contributed by atoms with Gasteiger partial charge in [0.15, 0.2) is 0 Å². The number of methoxy groups -OCH3 is 1. The Morgan fingerprint density at radius 1 is 1.04 bits per heavy atom. The maximum atomic E-state index is 12.4. The Hall–Kier alpha value is -2.37. The van der Waals surface area contributed by atoms with Crippen LogP contribution in [0.5, 0.6) is 0 Å². The van der Waals surface area contributed by atoms with Crippen molar-refractivity contribution in [3.63, 3.8) is 0 Å². The average molecular weight is 371 g/mol. The van der Waals surface area contributed by atoms with Gasteiger partial charge in [-0.1, -0.05) is 68.4 Å². The molecule has 2 aromatic carbocycles. The summed E-state index contributed by atoms with van der Waals surface area (Å²) in [5.41, 5.74) is 3.09. The molecule has 2 rings (SSSR count). The Balaban J connectivity index is 2.11. The Kier molecular flexibility index (Phi) is 8.30. The van der Waals surface area contributed by atoms with Crippen LogP contribution in [0.3, 0.4) is 0 Å². The molecular formula is C22H29NO4. The second kappa shape index (κ2) is 10.7.